The van der Waals surface area contributed by atoms with Gasteiger partial charge in [-0.25, -0.2) is 14.3 Å². The first-order valence-electron chi connectivity index (χ1n) is 7.52. The maximum Gasteiger partial charge on any atom is 0.339 e. The van der Waals surface area contributed by atoms with Gasteiger partial charge >= 0.3 is 5.97 Å². The lowest BCUT2D eigenvalue weighted by molar-refractivity contribution is -0.116. The van der Waals surface area contributed by atoms with Gasteiger partial charge in [-0.05, 0) is 30.2 Å². The lowest BCUT2D eigenvalue weighted by Crippen LogP contribution is -2.16. The number of anilines is 1. The molecule has 1 aliphatic heterocycles. The lowest BCUT2D eigenvalue weighted by Gasteiger charge is -2.10. The van der Waals surface area contributed by atoms with Crippen molar-refractivity contribution in [3.63, 3.8) is 0 Å². The zero-order chi connectivity index (χ0) is 17.7. The molecule has 4 rings (SSSR count). The van der Waals surface area contributed by atoms with E-state index in [9.17, 15) is 9.59 Å². The maximum absolute atomic E-state index is 12.6. The number of rotatable bonds is 2. The molecule has 3 heterocycles. The Morgan fingerprint density at radius 3 is 2.96 bits per heavy atom. The molecule has 3 aromatic rings. The van der Waals surface area contributed by atoms with Crippen LogP contribution in [0.15, 0.2) is 35.2 Å². The first-order chi connectivity index (χ1) is 12.0. The molecular weight excluding hydrogens is 388 g/mol. The van der Waals surface area contributed by atoms with Crippen molar-refractivity contribution in [2.75, 3.05) is 12.4 Å². The molecule has 0 fully saturated rings. The second-order valence-corrected chi connectivity index (χ2v) is 6.67. The van der Waals surface area contributed by atoms with Crippen LogP contribution in [0.2, 0.25) is 0 Å². The molecule has 0 aliphatic carbocycles. The van der Waals surface area contributed by atoms with E-state index < -0.39 is 11.9 Å². The van der Waals surface area contributed by atoms with Gasteiger partial charge < -0.3 is 10.1 Å². The van der Waals surface area contributed by atoms with Gasteiger partial charge in [0.2, 0.25) is 5.91 Å². The Hall–Kier alpha value is -2.74. The van der Waals surface area contributed by atoms with Crippen molar-refractivity contribution < 1.29 is 14.3 Å². The summed E-state index contributed by atoms with van der Waals surface area (Å²) in [7, 11) is 1.33. The minimum Gasteiger partial charge on any atom is -0.465 e. The Morgan fingerprint density at radius 1 is 1.40 bits per heavy atom. The smallest absolute Gasteiger partial charge is 0.339 e. The zero-order valence-corrected chi connectivity index (χ0v) is 15.0. The highest BCUT2D eigenvalue weighted by Gasteiger charge is 2.35. The van der Waals surface area contributed by atoms with Crippen LogP contribution >= 0.6 is 15.9 Å². The molecule has 1 amide bonds. The van der Waals surface area contributed by atoms with Gasteiger partial charge in [0.15, 0.2) is 0 Å². The number of carbonyl (C=O) groups excluding carboxylic acids is 2. The molecule has 1 N–H and O–H groups in total. The number of hydrogen-bond donors (Lipinski definition) is 1. The minimum absolute atomic E-state index is 0.158. The molecule has 0 spiro atoms. The van der Waals surface area contributed by atoms with Crippen molar-refractivity contribution in [1.82, 2.24) is 14.6 Å². The zero-order valence-electron chi connectivity index (χ0n) is 13.4. The van der Waals surface area contributed by atoms with Gasteiger partial charge in [-0.15, -0.1) is 0 Å². The summed E-state index contributed by atoms with van der Waals surface area (Å²) >= 11 is 3.41. The van der Waals surface area contributed by atoms with Gasteiger partial charge in [0.25, 0.3) is 0 Å². The van der Waals surface area contributed by atoms with Crippen LogP contribution in [0.3, 0.4) is 0 Å². The molecule has 7 nitrogen and oxygen atoms in total. The number of methoxy groups -OCH3 is 1. The van der Waals surface area contributed by atoms with Crippen LogP contribution < -0.4 is 5.32 Å². The highest BCUT2D eigenvalue weighted by molar-refractivity contribution is 9.10. The maximum atomic E-state index is 12.6. The fraction of sp³-hybridized carbons (Fsp3) is 0.176. The second-order valence-electron chi connectivity index (χ2n) is 5.75. The Kier molecular flexibility index (Phi) is 3.57. The van der Waals surface area contributed by atoms with Crippen LogP contribution in [0.25, 0.3) is 5.52 Å². The van der Waals surface area contributed by atoms with Crippen molar-refractivity contribution in [3.8, 4) is 0 Å². The Labute approximate surface area is 151 Å². The molecule has 25 heavy (non-hydrogen) atoms. The van der Waals surface area contributed by atoms with Crippen LogP contribution in [-0.2, 0) is 9.53 Å². The topological polar surface area (TPSA) is 85.6 Å². The lowest BCUT2D eigenvalue weighted by atomic mass is 9.95. The average molecular weight is 401 g/mol. The predicted octanol–water partition coefficient (Wildman–Crippen LogP) is 2.67. The molecule has 126 valence electrons. The molecule has 0 radical (unpaired) electrons. The van der Waals surface area contributed by atoms with E-state index in [1.807, 2.05) is 18.2 Å². The molecule has 1 unspecified atom stereocenters. The van der Waals surface area contributed by atoms with E-state index in [1.165, 1.54) is 13.4 Å². The normalized spacial score (nSPS) is 16.0. The number of fused-ring (bicyclic) bond motifs is 2. The molecule has 0 saturated heterocycles. The summed E-state index contributed by atoms with van der Waals surface area (Å²) in [5.41, 5.74) is 3.87. The summed E-state index contributed by atoms with van der Waals surface area (Å²) in [5.74, 6) is -1.17. The minimum atomic E-state index is -0.562. The van der Waals surface area contributed by atoms with E-state index in [0.29, 0.717) is 22.3 Å². The van der Waals surface area contributed by atoms with Gasteiger partial charge in [0.1, 0.15) is 12.2 Å². The first-order valence-corrected chi connectivity index (χ1v) is 8.32. The number of halogens is 1. The van der Waals surface area contributed by atoms with Crippen molar-refractivity contribution in [3.05, 3.63) is 57.6 Å². The van der Waals surface area contributed by atoms with Crippen molar-refractivity contribution >= 4 is 39.0 Å². The van der Waals surface area contributed by atoms with Gasteiger partial charge in [0.05, 0.1) is 23.9 Å². The van der Waals surface area contributed by atoms with Gasteiger partial charge in [-0.1, -0.05) is 22.0 Å². The first kappa shape index (κ1) is 15.8. The third kappa shape index (κ3) is 2.32. The van der Waals surface area contributed by atoms with Gasteiger partial charge in [0, 0.05) is 16.4 Å². The van der Waals surface area contributed by atoms with E-state index in [-0.39, 0.29) is 5.91 Å². The largest absolute Gasteiger partial charge is 0.465 e. The Balaban J connectivity index is 1.95. The molecule has 1 aromatic carbocycles. The highest BCUT2D eigenvalue weighted by atomic mass is 79.9. The second kappa shape index (κ2) is 5.66. The monoisotopic (exact) mass is 400 g/mol. The summed E-state index contributed by atoms with van der Waals surface area (Å²) in [6, 6.07) is 5.63. The molecule has 8 heteroatoms. The van der Waals surface area contributed by atoms with Crippen molar-refractivity contribution in [2.45, 2.75) is 12.8 Å². The van der Waals surface area contributed by atoms with E-state index >= 15 is 0 Å². The number of aromatic nitrogens is 3. The molecule has 0 bridgehead atoms. The number of amides is 1. The number of ether oxygens (including phenoxy) is 1. The van der Waals surface area contributed by atoms with E-state index in [1.54, 1.807) is 17.6 Å². The number of nitrogens with zero attached hydrogens (tertiary/aromatic N) is 3. The van der Waals surface area contributed by atoms with Gasteiger partial charge in [-0.2, -0.15) is 5.10 Å². The molecule has 1 aliphatic rings. The average Bonchev–Trinajstić information content (AvgIpc) is 3.10. The van der Waals surface area contributed by atoms with Crippen molar-refractivity contribution in [2.24, 2.45) is 0 Å². The van der Waals surface area contributed by atoms with Crippen LogP contribution in [-0.4, -0.2) is 33.6 Å². The fourth-order valence-electron chi connectivity index (χ4n) is 3.22. The van der Waals surface area contributed by atoms with Crippen molar-refractivity contribution in [1.29, 1.82) is 0 Å². The summed E-state index contributed by atoms with van der Waals surface area (Å²) in [5, 5.41) is 7.05. The SMILES string of the molecule is COC(=O)c1cn2ncnc(C3C(=O)Nc4cc(Br)ccc43)c2c1C. The van der Waals surface area contributed by atoms with E-state index in [2.05, 4.69) is 31.3 Å². The number of esters is 1. The number of carbonyl (C=O) groups is 2. The Morgan fingerprint density at radius 2 is 2.20 bits per heavy atom. The fourth-order valence-corrected chi connectivity index (χ4v) is 3.58. The quantitative estimate of drug-likeness (QED) is 0.668. The van der Waals surface area contributed by atoms with E-state index in [4.69, 9.17) is 4.74 Å². The number of hydrogen-bond acceptors (Lipinski definition) is 5. The molecule has 0 saturated carbocycles. The standard InChI is InChI=1S/C17H13BrN4O3/c1-8-11(17(24)25-2)6-22-15(8)14(19-7-20-22)13-10-4-3-9(18)5-12(10)21-16(13)23/h3-7,13H,1-2H3,(H,21,23). The number of aryl methyl sites for hydroxylation is 1. The number of benzene rings is 1. The highest BCUT2D eigenvalue weighted by Crippen LogP contribution is 2.39. The third-order valence-corrected chi connectivity index (χ3v) is 4.87. The van der Waals surface area contributed by atoms with Crippen LogP contribution in [0.1, 0.15) is 33.1 Å². The van der Waals surface area contributed by atoms with E-state index in [0.717, 1.165) is 15.7 Å². The summed E-state index contributed by atoms with van der Waals surface area (Å²) < 4.78 is 7.26. The van der Waals surface area contributed by atoms with Crippen LogP contribution in [0.4, 0.5) is 5.69 Å². The summed E-state index contributed by atoms with van der Waals surface area (Å²) in [4.78, 5) is 28.9. The van der Waals surface area contributed by atoms with Gasteiger partial charge in [-0.3, -0.25) is 4.79 Å². The summed E-state index contributed by atoms with van der Waals surface area (Å²) in [6.07, 6.45) is 2.98. The summed E-state index contributed by atoms with van der Waals surface area (Å²) in [6.45, 7) is 1.80. The molecule has 1 atom stereocenters. The molecular formula is C17H13BrN4O3. The van der Waals surface area contributed by atoms with Crippen LogP contribution in [0.5, 0.6) is 0 Å². The predicted molar refractivity (Wildman–Crippen MR) is 93.7 cm³/mol. The van der Waals surface area contributed by atoms with Crippen LogP contribution in [0, 0.1) is 6.92 Å². The molecule has 2 aromatic heterocycles. The Bertz CT molecular complexity index is 1040. The number of nitrogens with one attached hydrogen (secondary N) is 1. The third-order valence-electron chi connectivity index (χ3n) is 4.38.